The fourth-order valence-electron chi connectivity index (χ4n) is 1.72. The molecule has 7 nitrogen and oxygen atoms in total. The highest BCUT2D eigenvalue weighted by atomic mass is 16.6. The number of carboxylic acids is 1. The molecule has 1 rings (SSSR count). The molecule has 1 aromatic carbocycles. The van der Waals surface area contributed by atoms with Crippen molar-refractivity contribution in [2.75, 3.05) is 7.11 Å². The van der Waals surface area contributed by atoms with Gasteiger partial charge in [-0.05, 0) is 18.9 Å². The van der Waals surface area contributed by atoms with Crippen LogP contribution in [0.1, 0.15) is 11.1 Å². The Kier molecular flexibility index (Phi) is 4.57. The molecule has 0 aromatic heterocycles. The number of hydrogen-bond acceptors (Lipinski definition) is 5. The second-order valence-electron chi connectivity index (χ2n) is 3.94. The summed E-state index contributed by atoms with van der Waals surface area (Å²) in [4.78, 5) is 32.6. The third-order valence-corrected chi connectivity index (χ3v) is 2.82. The molecular formula is C12H13NO6. The average molecular weight is 267 g/mol. The zero-order valence-electron chi connectivity index (χ0n) is 10.5. The van der Waals surface area contributed by atoms with Crippen LogP contribution in [-0.4, -0.2) is 29.1 Å². The van der Waals surface area contributed by atoms with Crippen molar-refractivity contribution in [3.8, 4) is 0 Å². The Morgan fingerprint density at radius 1 is 1.47 bits per heavy atom. The van der Waals surface area contributed by atoms with E-state index in [1.54, 1.807) is 6.07 Å². The number of ether oxygens (including phenoxy) is 1. The van der Waals surface area contributed by atoms with E-state index in [1.165, 1.54) is 19.1 Å². The molecule has 0 aliphatic heterocycles. The number of hydrogen-bond donors (Lipinski definition) is 1. The maximum Gasteiger partial charge on any atom is 0.320 e. The fraction of sp³-hybridized carbons (Fsp3) is 0.333. The highest BCUT2D eigenvalue weighted by molar-refractivity contribution is 5.94. The third kappa shape index (κ3) is 3.27. The van der Waals surface area contributed by atoms with Gasteiger partial charge in [-0.15, -0.1) is 0 Å². The monoisotopic (exact) mass is 267 g/mol. The highest BCUT2D eigenvalue weighted by Gasteiger charge is 2.29. The lowest BCUT2D eigenvalue weighted by Gasteiger charge is -2.11. The van der Waals surface area contributed by atoms with Gasteiger partial charge in [-0.1, -0.05) is 12.1 Å². The Labute approximate surface area is 109 Å². The summed E-state index contributed by atoms with van der Waals surface area (Å²) in [5, 5.41) is 19.8. The Morgan fingerprint density at radius 3 is 2.58 bits per heavy atom. The number of esters is 1. The van der Waals surface area contributed by atoms with Gasteiger partial charge in [0.15, 0.2) is 5.92 Å². The van der Waals surface area contributed by atoms with Gasteiger partial charge in [0, 0.05) is 11.6 Å². The van der Waals surface area contributed by atoms with Gasteiger partial charge in [0.1, 0.15) is 0 Å². The third-order valence-electron chi connectivity index (χ3n) is 2.82. The van der Waals surface area contributed by atoms with Crippen LogP contribution in [0.4, 0.5) is 5.69 Å². The highest BCUT2D eigenvalue weighted by Crippen LogP contribution is 2.23. The van der Waals surface area contributed by atoms with E-state index < -0.39 is 22.8 Å². The van der Waals surface area contributed by atoms with Crippen molar-refractivity contribution in [2.24, 2.45) is 5.92 Å². The van der Waals surface area contributed by atoms with Crippen LogP contribution in [0.15, 0.2) is 18.2 Å². The predicted molar refractivity (Wildman–Crippen MR) is 64.7 cm³/mol. The molecule has 0 bridgehead atoms. The quantitative estimate of drug-likeness (QED) is 0.373. The van der Waals surface area contributed by atoms with Gasteiger partial charge in [0.25, 0.3) is 5.69 Å². The summed E-state index contributed by atoms with van der Waals surface area (Å²) >= 11 is 0. The Hall–Kier alpha value is -2.44. The van der Waals surface area contributed by atoms with Gasteiger partial charge in [0.05, 0.1) is 12.0 Å². The molecule has 1 atom stereocenters. The Bertz CT molecular complexity index is 525. The molecule has 7 heteroatoms. The molecule has 0 aliphatic carbocycles. The molecule has 0 saturated carbocycles. The van der Waals surface area contributed by atoms with Crippen LogP contribution in [0.5, 0.6) is 0 Å². The first-order valence-corrected chi connectivity index (χ1v) is 5.42. The van der Waals surface area contributed by atoms with Crippen molar-refractivity contribution in [2.45, 2.75) is 13.3 Å². The van der Waals surface area contributed by atoms with Crippen LogP contribution in [0.2, 0.25) is 0 Å². The molecule has 1 aromatic rings. The molecule has 0 aliphatic rings. The predicted octanol–water partition coefficient (Wildman–Crippen LogP) is 1.32. The first-order chi connectivity index (χ1) is 8.88. The maximum atomic E-state index is 11.4. The topological polar surface area (TPSA) is 107 Å². The first-order valence-electron chi connectivity index (χ1n) is 5.42. The number of aliphatic carboxylic acids is 1. The maximum absolute atomic E-state index is 11.4. The molecule has 102 valence electrons. The van der Waals surface area contributed by atoms with Crippen LogP contribution in [0, 0.1) is 23.0 Å². The lowest BCUT2D eigenvalue weighted by atomic mass is 9.95. The summed E-state index contributed by atoms with van der Waals surface area (Å²) in [6.45, 7) is 1.52. The summed E-state index contributed by atoms with van der Waals surface area (Å²) in [5.74, 6) is -3.57. The molecule has 0 fully saturated rings. The summed E-state index contributed by atoms with van der Waals surface area (Å²) < 4.78 is 4.41. The van der Waals surface area contributed by atoms with Crippen molar-refractivity contribution < 1.29 is 24.4 Å². The van der Waals surface area contributed by atoms with Gasteiger partial charge in [0.2, 0.25) is 0 Å². The number of rotatable bonds is 5. The van der Waals surface area contributed by atoms with Crippen LogP contribution in [0.3, 0.4) is 0 Å². The molecular weight excluding hydrogens is 254 g/mol. The van der Waals surface area contributed by atoms with Crippen molar-refractivity contribution in [3.63, 3.8) is 0 Å². The second kappa shape index (κ2) is 5.94. The van der Waals surface area contributed by atoms with E-state index in [1.807, 2.05) is 0 Å². The number of nitro benzene ring substituents is 1. The van der Waals surface area contributed by atoms with E-state index in [9.17, 15) is 19.7 Å². The van der Waals surface area contributed by atoms with Crippen molar-refractivity contribution in [3.05, 3.63) is 39.4 Å². The fourth-order valence-corrected chi connectivity index (χ4v) is 1.72. The molecule has 1 N–H and O–H groups in total. The second-order valence-corrected chi connectivity index (χ2v) is 3.94. The summed E-state index contributed by atoms with van der Waals surface area (Å²) in [6.07, 6.45) is -0.143. The molecule has 0 amide bonds. The van der Waals surface area contributed by atoms with Gasteiger partial charge in [-0.3, -0.25) is 19.7 Å². The van der Waals surface area contributed by atoms with Crippen molar-refractivity contribution in [1.82, 2.24) is 0 Å². The van der Waals surface area contributed by atoms with E-state index in [0.29, 0.717) is 11.1 Å². The van der Waals surface area contributed by atoms with Crippen LogP contribution in [0.25, 0.3) is 0 Å². The SMILES string of the molecule is COC(=O)C(Cc1cccc([N+](=O)[O-])c1C)C(=O)O. The number of benzene rings is 1. The van der Waals surface area contributed by atoms with Crippen molar-refractivity contribution in [1.29, 1.82) is 0 Å². The summed E-state index contributed by atoms with van der Waals surface area (Å²) in [7, 11) is 1.10. The number of nitro groups is 1. The number of carbonyl (C=O) groups is 2. The van der Waals surface area contributed by atoms with Gasteiger partial charge < -0.3 is 9.84 Å². The van der Waals surface area contributed by atoms with Gasteiger partial charge in [-0.25, -0.2) is 0 Å². The largest absolute Gasteiger partial charge is 0.481 e. The normalized spacial score (nSPS) is 11.7. The zero-order chi connectivity index (χ0) is 14.6. The Morgan fingerprint density at radius 2 is 2.11 bits per heavy atom. The van der Waals surface area contributed by atoms with Gasteiger partial charge >= 0.3 is 11.9 Å². The minimum atomic E-state index is -1.37. The van der Waals surface area contributed by atoms with E-state index in [0.717, 1.165) is 7.11 Å². The lowest BCUT2D eigenvalue weighted by Crippen LogP contribution is -2.27. The zero-order valence-corrected chi connectivity index (χ0v) is 10.5. The molecule has 0 heterocycles. The number of carbonyl (C=O) groups excluding carboxylic acids is 1. The lowest BCUT2D eigenvalue weighted by molar-refractivity contribution is -0.385. The minimum Gasteiger partial charge on any atom is -0.481 e. The molecule has 0 spiro atoms. The van der Waals surface area contributed by atoms with E-state index >= 15 is 0 Å². The Balaban J connectivity index is 3.10. The molecule has 0 saturated heterocycles. The smallest absolute Gasteiger partial charge is 0.320 e. The molecule has 19 heavy (non-hydrogen) atoms. The van der Waals surface area contributed by atoms with Crippen molar-refractivity contribution >= 4 is 17.6 Å². The van der Waals surface area contributed by atoms with Crippen LogP contribution >= 0.6 is 0 Å². The molecule has 1 unspecified atom stereocenters. The van der Waals surface area contributed by atoms with E-state index in [4.69, 9.17) is 5.11 Å². The number of methoxy groups -OCH3 is 1. The van der Waals surface area contributed by atoms with E-state index in [-0.39, 0.29) is 12.1 Å². The number of nitrogens with zero attached hydrogens (tertiary/aromatic N) is 1. The van der Waals surface area contributed by atoms with Crippen LogP contribution < -0.4 is 0 Å². The van der Waals surface area contributed by atoms with Crippen LogP contribution in [-0.2, 0) is 20.7 Å². The van der Waals surface area contributed by atoms with E-state index in [2.05, 4.69) is 4.74 Å². The summed E-state index contributed by atoms with van der Waals surface area (Å²) in [5.41, 5.74) is 0.682. The first kappa shape index (κ1) is 14.6. The van der Waals surface area contributed by atoms with Gasteiger partial charge in [-0.2, -0.15) is 0 Å². The minimum absolute atomic E-state index is 0.105. The summed E-state index contributed by atoms with van der Waals surface area (Å²) in [6, 6.07) is 4.34. The molecule has 0 radical (unpaired) electrons. The average Bonchev–Trinajstić information content (AvgIpc) is 2.35. The number of carboxylic acid groups (broad SMARTS) is 1. The standard InChI is InChI=1S/C12H13NO6/c1-7-8(4-3-5-10(7)13(17)18)6-9(11(14)15)12(16)19-2/h3-5,9H,6H2,1-2H3,(H,14,15).